The number of nitrogens with one attached hydrogen (secondary N) is 1. The number of nitrogens with zero attached hydrogens (tertiary/aromatic N) is 2. The van der Waals surface area contributed by atoms with Crippen LogP contribution in [-0.2, 0) is 11.4 Å². The molecule has 2 amide bonds. The maximum atomic E-state index is 12.8. The minimum absolute atomic E-state index is 0.0441. The van der Waals surface area contributed by atoms with E-state index in [1.54, 1.807) is 0 Å². The Morgan fingerprint density at radius 1 is 0.931 bits per heavy atom. The predicted octanol–water partition coefficient (Wildman–Crippen LogP) is 2.30. The zero-order valence-electron chi connectivity index (χ0n) is 16.5. The van der Waals surface area contributed by atoms with Gasteiger partial charge >= 0.3 is 0 Å². The average molecular weight is 393 g/mol. The Labute approximate surface area is 171 Å². The second-order valence-corrected chi connectivity index (χ2v) is 7.71. The third-order valence-corrected chi connectivity index (χ3v) is 5.32. The maximum Gasteiger partial charge on any atom is 0.253 e. The lowest BCUT2D eigenvalue weighted by Crippen LogP contribution is -2.51. The van der Waals surface area contributed by atoms with Crippen LogP contribution >= 0.6 is 0 Å². The molecule has 0 radical (unpaired) electrons. The van der Waals surface area contributed by atoms with Gasteiger partial charge in [0.2, 0.25) is 5.91 Å². The number of para-hydroxylation sites is 1. The quantitative estimate of drug-likeness (QED) is 0.784. The normalized spacial score (nSPS) is 17.0. The molecular weight excluding hydrogens is 366 g/mol. The van der Waals surface area contributed by atoms with Gasteiger partial charge in [-0.05, 0) is 42.7 Å². The van der Waals surface area contributed by atoms with Crippen LogP contribution < -0.4 is 10.1 Å². The van der Waals surface area contributed by atoms with E-state index in [0.717, 1.165) is 37.2 Å². The predicted molar refractivity (Wildman–Crippen MR) is 111 cm³/mol. The molecule has 1 N–H and O–H groups in total. The molecule has 1 saturated heterocycles. The molecule has 0 unspecified atom stereocenters. The number of amides is 2. The largest absolute Gasteiger partial charge is 0.489 e. The molecule has 29 heavy (non-hydrogen) atoms. The minimum Gasteiger partial charge on any atom is -0.489 e. The molecule has 6 nitrogen and oxygen atoms in total. The van der Waals surface area contributed by atoms with Crippen molar-refractivity contribution >= 4 is 11.8 Å². The van der Waals surface area contributed by atoms with Crippen molar-refractivity contribution in [1.82, 2.24) is 15.1 Å². The molecule has 1 aliphatic carbocycles. The molecule has 2 aromatic rings. The van der Waals surface area contributed by atoms with Crippen LogP contribution in [0.25, 0.3) is 0 Å². The number of hydrogen-bond acceptors (Lipinski definition) is 4. The van der Waals surface area contributed by atoms with Crippen LogP contribution in [0.4, 0.5) is 0 Å². The van der Waals surface area contributed by atoms with Gasteiger partial charge in [-0.15, -0.1) is 0 Å². The van der Waals surface area contributed by atoms with E-state index in [4.69, 9.17) is 4.74 Å². The van der Waals surface area contributed by atoms with Gasteiger partial charge in [0.1, 0.15) is 12.4 Å². The second kappa shape index (κ2) is 9.09. The summed E-state index contributed by atoms with van der Waals surface area (Å²) < 4.78 is 5.75. The van der Waals surface area contributed by atoms with Crippen LogP contribution in [0.3, 0.4) is 0 Å². The molecule has 0 aromatic heterocycles. The second-order valence-electron chi connectivity index (χ2n) is 7.71. The van der Waals surface area contributed by atoms with Gasteiger partial charge in [-0.2, -0.15) is 0 Å². The summed E-state index contributed by atoms with van der Waals surface area (Å²) in [7, 11) is 0. The highest BCUT2D eigenvalue weighted by molar-refractivity contribution is 5.94. The van der Waals surface area contributed by atoms with Crippen molar-refractivity contribution in [2.45, 2.75) is 25.5 Å². The number of ether oxygens (including phenoxy) is 1. The molecular formula is C23H27N3O3. The van der Waals surface area contributed by atoms with Gasteiger partial charge in [-0.3, -0.25) is 14.5 Å². The average Bonchev–Trinajstić information content (AvgIpc) is 3.57. The monoisotopic (exact) mass is 393 g/mol. The fourth-order valence-corrected chi connectivity index (χ4v) is 3.42. The summed E-state index contributed by atoms with van der Waals surface area (Å²) in [6.07, 6.45) is 2.20. The Hall–Kier alpha value is -2.86. The molecule has 4 rings (SSSR count). The van der Waals surface area contributed by atoms with E-state index in [9.17, 15) is 9.59 Å². The first-order chi connectivity index (χ1) is 14.2. The summed E-state index contributed by atoms with van der Waals surface area (Å²) >= 11 is 0. The molecule has 1 saturated carbocycles. The van der Waals surface area contributed by atoms with E-state index in [0.29, 0.717) is 37.8 Å². The van der Waals surface area contributed by atoms with Crippen molar-refractivity contribution in [3.05, 3.63) is 65.7 Å². The van der Waals surface area contributed by atoms with E-state index >= 15 is 0 Å². The molecule has 2 aliphatic rings. The number of carbonyl (C=O) groups excluding carboxylic acids is 2. The molecule has 2 aromatic carbocycles. The zero-order valence-corrected chi connectivity index (χ0v) is 16.5. The standard InChI is InChI=1S/C23H27N3O3/c27-22(24-20-10-11-20)16-25-12-14-26(15-13-25)23(28)19-8-6-18(7-9-19)17-29-21-4-2-1-3-5-21/h1-9,20H,10-17H2,(H,24,27). The molecule has 6 heteroatoms. The number of rotatable bonds is 7. The molecule has 0 atom stereocenters. The Morgan fingerprint density at radius 3 is 2.28 bits per heavy atom. The highest BCUT2D eigenvalue weighted by Crippen LogP contribution is 2.18. The van der Waals surface area contributed by atoms with Crippen LogP contribution in [0.15, 0.2) is 54.6 Å². The summed E-state index contributed by atoms with van der Waals surface area (Å²) in [5.74, 6) is 0.972. The van der Waals surface area contributed by atoms with Crippen LogP contribution in [0.1, 0.15) is 28.8 Å². The highest BCUT2D eigenvalue weighted by atomic mass is 16.5. The van der Waals surface area contributed by atoms with Gasteiger partial charge in [-0.1, -0.05) is 30.3 Å². The Kier molecular flexibility index (Phi) is 6.10. The number of carbonyl (C=O) groups is 2. The van der Waals surface area contributed by atoms with E-state index in [-0.39, 0.29) is 11.8 Å². The molecule has 0 spiro atoms. The van der Waals surface area contributed by atoms with Crippen molar-refractivity contribution < 1.29 is 14.3 Å². The van der Waals surface area contributed by atoms with Crippen LogP contribution in [0.5, 0.6) is 5.75 Å². The minimum atomic E-state index is 0.0441. The number of benzene rings is 2. The summed E-state index contributed by atoms with van der Waals surface area (Å²) in [6, 6.07) is 17.7. The molecule has 0 bridgehead atoms. The fourth-order valence-electron chi connectivity index (χ4n) is 3.42. The molecule has 1 aliphatic heterocycles. The Bertz CT molecular complexity index is 826. The van der Waals surface area contributed by atoms with Crippen LogP contribution in [0, 0.1) is 0 Å². The summed E-state index contributed by atoms with van der Waals surface area (Å²) in [4.78, 5) is 28.7. The smallest absolute Gasteiger partial charge is 0.253 e. The fraction of sp³-hybridized carbons (Fsp3) is 0.391. The summed E-state index contributed by atoms with van der Waals surface area (Å²) in [5, 5.41) is 3.02. The maximum absolute atomic E-state index is 12.8. The van der Waals surface area contributed by atoms with Crippen molar-refractivity contribution in [3.63, 3.8) is 0 Å². The van der Waals surface area contributed by atoms with E-state index in [2.05, 4.69) is 10.2 Å². The topological polar surface area (TPSA) is 61.9 Å². The van der Waals surface area contributed by atoms with Crippen molar-refractivity contribution in [2.75, 3.05) is 32.7 Å². The number of piperazine rings is 1. The van der Waals surface area contributed by atoms with Crippen molar-refractivity contribution in [1.29, 1.82) is 0 Å². The van der Waals surface area contributed by atoms with Gasteiger partial charge in [0.05, 0.1) is 6.54 Å². The van der Waals surface area contributed by atoms with E-state index in [1.165, 1.54) is 0 Å². The van der Waals surface area contributed by atoms with Crippen molar-refractivity contribution in [2.24, 2.45) is 0 Å². The van der Waals surface area contributed by atoms with Gasteiger partial charge in [0.15, 0.2) is 0 Å². The van der Waals surface area contributed by atoms with Gasteiger partial charge in [0, 0.05) is 37.8 Å². The van der Waals surface area contributed by atoms with Gasteiger partial charge < -0.3 is 15.0 Å². The molecule has 1 heterocycles. The van der Waals surface area contributed by atoms with E-state index in [1.807, 2.05) is 59.5 Å². The van der Waals surface area contributed by atoms with Gasteiger partial charge in [0.25, 0.3) is 5.91 Å². The SMILES string of the molecule is O=C(CN1CCN(C(=O)c2ccc(COc3ccccc3)cc2)CC1)NC1CC1. The lowest BCUT2D eigenvalue weighted by Gasteiger charge is -2.34. The zero-order chi connectivity index (χ0) is 20.1. The lowest BCUT2D eigenvalue weighted by atomic mass is 10.1. The third kappa shape index (κ3) is 5.57. The lowest BCUT2D eigenvalue weighted by molar-refractivity contribution is -0.122. The summed E-state index contributed by atoms with van der Waals surface area (Å²) in [5.41, 5.74) is 1.71. The third-order valence-electron chi connectivity index (χ3n) is 5.32. The Morgan fingerprint density at radius 2 is 1.62 bits per heavy atom. The molecule has 2 fully saturated rings. The molecule has 152 valence electrons. The van der Waals surface area contributed by atoms with Crippen LogP contribution in [-0.4, -0.2) is 60.4 Å². The highest BCUT2D eigenvalue weighted by Gasteiger charge is 2.26. The first-order valence-corrected chi connectivity index (χ1v) is 10.3. The first-order valence-electron chi connectivity index (χ1n) is 10.3. The number of hydrogen-bond donors (Lipinski definition) is 1. The summed E-state index contributed by atoms with van der Waals surface area (Å²) in [6.45, 7) is 3.65. The van der Waals surface area contributed by atoms with Crippen molar-refractivity contribution in [3.8, 4) is 5.75 Å². The van der Waals surface area contributed by atoms with Gasteiger partial charge in [-0.25, -0.2) is 0 Å². The Balaban J connectivity index is 1.23. The first kappa shape index (κ1) is 19.5. The van der Waals surface area contributed by atoms with E-state index < -0.39 is 0 Å². The van der Waals surface area contributed by atoms with Crippen LogP contribution in [0.2, 0.25) is 0 Å².